The van der Waals surface area contributed by atoms with Crippen molar-refractivity contribution in [1.82, 2.24) is 0 Å². The van der Waals surface area contributed by atoms with Crippen LogP contribution in [0.5, 0.6) is 0 Å². The predicted octanol–water partition coefficient (Wildman–Crippen LogP) is 22.7. The van der Waals surface area contributed by atoms with Gasteiger partial charge in [-0.2, -0.15) is 0 Å². The van der Waals surface area contributed by atoms with E-state index in [1.807, 2.05) is 0 Å². The molecule has 0 saturated carbocycles. The fourth-order valence-corrected chi connectivity index (χ4v) is 14.1. The summed E-state index contributed by atoms with van der Waals surface area (Å²) in [6.07, 6.45) is 15.4. The van der Waals surface area contributed by atoms with E-state index in [0.717, 1.165) is 12.8 Å². The zero-order valence-corrected chi connectivity index (χ0v) is 71.1. The molecule has 0 aliphatic rings. The smallest absolute Gasteiger partial charge is 0.201 e. The standard InChI is InChI=1S/C19H26N.2C17H22N.3C16H20N/c1-13(2)16-7-9-18(15(5)11-16)19-10-8-17(14(3)4)12-20(19)6;1-12(2)15-7-8-16(14(4)10-15)17-9-6-13(3)11-18(17)5;1-12(2)15-7-9-17(18(5)11-15)16-8-6-13(3)10-14(16)4;1-11-6-7-15(13(3)8-11)16-9-12(2)14(4)10-17(16)5;1-5-14-7-8-15(13(3)10-14)16-9-6-12(2)11-17(16)4;1-5-14-7-9-16(17(4)11-14)15-8-6-12(2)10-13(15)3/h7-14H,1-6H3;2*6-12H,1-5H3;6-10H,1-5H3;2*6-11H,5H2,1-4H3/q6*+1. The molecule has 6 heteroatoms. The van der Waals surface area contributed by atoms with E-state index in [1.54, 1.807) is 0 Å². The van der Waals surface area contributed by atoms with Crippen LogP contribution in [0.2, 0.25) is 0 Å². The molecule has 107 heavy (non-hydrogen) atoms. The summed E-state index contributed by atoms with van der Waals surface area (Å²) in [5.74, 6) is 2.31. The molecule has 0 atom stereocenters. The Morgan fingerprint density at radius 3 is 0.776 bits per heavy atom. The summed E-state index contributed by atoms with van der Waals surface area (Å²) in [6.45, 7) is 50.4. The van der Waals surface area contributed by atoms with Crippen LogP contribution in [0.4, 0.5) is 0 Å². The van der Waals surface area contributed by atoms with Gasteiger partial charge >= 0.3 is 0 Å². The van der Waals surface area contributed by atoms with Gasteiger partial charge < -0.3 is 0 Å². The summed E-state index contributed by atoms with van der Waals surface area (Å²) in [5, 5.41) is 0. The number of aromatic nitrogens is 6. The quantitative estimate of drug-likeness (QED) is 0.109. The molecule has 6 aromatic heterocycles. The molecule has 0 bridgehead atoms. The Balaban J connectivity index is 0.000000179. The molecule has 0 aliphatic heterocycles. The van der Waals surface area contributed by atoms with E-state index in [1.165, 1.54) is 173 Å². The molecular formula is C101H130N6+6. The number of pyridine rings is 6. The Kier molecular flexibility index (Phi) is 30.5. The largest absolute Gasteiger partial charge is 0.212 e. The minimum Gasteiger partial charge on any atom is -0.201 e. The van der Waals surface area contributed by atoms with E-state index < -0.39 is 0 Å². The highest BCUT2D eigenvalue weighted by Gasteiger charge is 2.20. The van der Waals surface area contributed by atoms with E-state index in [0.29, 0.717) is 23.7 Å². The maximum Gasteiger partial charge on any atom is 0.212 e. The molecule has 12 aromatic rings. The van der Waals surface area contributed by atoms with Gasteiger partial charge in [0.1, 0.15) is 42.3 Å². The number of nitrogens with zero attached hydrogens (tertiary/aromatic N) is 6. The second-order valence-corrected chi connectivity index (χ2v) is 31.6. The minimum atomic E-state index is 0.569. The van der Waals surface area contributed by atoms with Gasteiger partial charge in [-0.15, -0.1) is 0 Å². The Morgan fingerprint density at radius 2 is 0.467 bits per heavy atom. The van der Waals surface area contributed by atoms with Gasteiger partial charge in [0.2, 0.25) is 34.2 Å². The van der Waals surface area contributed by atoms with Crippen molar-refractivity contribution in [3.05, 3.63) is 319 Å². The second kappa shape index (κ2) is 38.7. The van der Waals surface area contributed by atoms with E-state index >= 15 is 0 Å². The lowest BCUT2D eigenvalue weighted by Crippen LogP contribution is -2.31. The first-order valence-electron chi connectivity index (χ1n) is 39.0. The first kappa shape index (κ1) is 84.5. The van der Waals surface area contributed by atoms with Gasteiger partial charge in [0.15, 0.2) is 37.2 Å². The molecule has 6 aromatic carbocycles. The summed E-state index contributed by atoms with van der Waals surface area (Å²) in [6, 6.07) is 64.7. The van der Waals surface area contributed by atoms with Crippen LogP contribution in [0.15, 0.2) is 213 Å². The van der Waals surface area contributed by atoms with Crippen molar-refractivity contribution in [2.45, 2.75) is 196 Å². The number of hydrogen-bond acceptors (Lipinski definition) is 0. The molecule has 0 radical (unpaired) electrons. The summed E-state index contributed by atoms with van der Waals surface area (Å²) in [5.41, 5.74) is 41.2. The van der Waals surface area contributed by atoms with Crippen molar-refractivity contribution in [2.75, 3.05) is 0 Å². The average Bonchev–Trinajstić information content (AvgIpc) is 0.844. The third kappa shape index (κ3) is 22.9. The first-order chi connectivity index (χ1) is 50.6. The molecule has 6 heterocycles. The molecule has 0 spiro atoms. The monoisotopic (exact) mass is 1430 g/mol. The Bertz CT molecular complexity index is 4760. The van der Waals surface area contributed by atoms with Crippen molar-refractivity contribution >= 4 is 0 Å². The zero-order valence-electron chi connectivity index (χ0n) is 71.1. The van der Waals surface area contributed by atoms with Crippen LogP contribution in [-0.4, -0.2) is 0 Å². The number of hydrogen-bond donors (Lipinski definition) is 0. The van der Waals surface area contributed by atoms with Crippen LogP contribution in [-0.2, 0) is 55.1 Å². The molecule has 6 nitrogen and oxygen atoms in total. The van der Waals surface area contributed by atoms with Crippen molar-refractivity contribution in [2.24, 2.45) is 42.3 Å². The summed E-state index contributed by atoms with van der Waals surface area (Å²) in [4.78, 5) is 0. The Hall–Kier alpha value is -9.78. The lowest BCUT2D eigenvalue weighted by molar-refractivity contribution is -0.661. The van der Waals surface area contributed by atoms with Crippen molar-refractivity contribution in [1.29, 1.82) is 0 Å². The molecule has 0 amide bonds. The molecule has 0 unspecified atom stereocenters. The number of benzene rings is 6. The zero-order chi connectivity index (χ0) is 78.8. The fraction of sp³-hybridized carbons (Fsp3) is 0.347. The average molecular weight is 1430 g/mol. The van der Waals surface area contributed by atoms with E-state index in [4.69, 9.17) is 0 Å². The highest BCUT2D eigenvalue weighted by molar-refractivity contribution is 5.66. The summed E-state index contributed by atoms with van der Waals surface area (Å²) >= 11 is 0. The van der Waals surface area contributed by atoms with Crippen LogP contribution >= 0.6 is 0 Å². The van der Waals surface area contributed by atoms with Gasteiger partial charge in [-0.05, 0) is 249 Å². The number of aryl methyl sites for hydroxylation is 21. The van der Waals surface area contributed by atoms with Gasteiger partial charge in [-0.3, -0.25) is 0 Å². The van der Waals surface area contributed by atoms with Gasteiger partial charge in [0.05, 0.1) is 0 Å². The molecule has 558 valence electrons. The van der Waals surface area contributed by atoms with Crippen LogP contribution in [0.3, 0.4) is 0 Å². The van der Waals surface area contributed by atoms with Crippen LogP contribution < -0.4 is 27.4 Å². The minimum absolute atomic E-state index is 0.569. The fourth-order valence-electron chi connectivity index (χ4n) is 14.1. The number of rotatable bonds is 12. The highest BCUT2D eigenvalue weighted by Crippen LogP contribution is 2.30. The Labute approximate surface area is 647 Å². The topological polar surface area (TPSA) is 23.3 Å². The summed E-state index contributed by atoms with van der Waals surface area (Å²) < 4.78 is 13.3. The molecule has 0 aliphatic carbocycles. The van der Waals surface area contributed by atoms with Crippen LogP contribution in [0, 0.1) is 90.0 Å². The third-order valence-electron chi connectivity index (χ3n) is 20.9. The predicted molar refractivity (Wildman–Crippen MR) is 455 cm³/mol. The molecule has 0 saturated heterocycles. The molecule has 12 rings (SSSR count). The van der Waals surface area contributed by atoms with Gasteiger partial charge in [0, 0.05) is 103 Å². The second-order valence-electron chi connectivity index (χ2n) is 31.6. The van der Waals surface area contributed by atoms with Gasteiger partial charge in [-0.25, -0.2) is 27.4 Å². The van der Waals surface area contributed by atoms with Crippen LogP contribution in [0.25, 0.3) is 67.5 Å². The first-order valence-corrected chi connectivity index (χ1v) is 39.0. The maximum atomic E-state index is 2.32. The highest BCUT2D eigenvalue weighted by atomic mass is 14.9. The lowest BCUT2D eigenvalue weighted by Gasteiger charge is -2.11. The Morgan fingerprint density at radius 1 is 0.206 bits per heavy atom. The molecule has 0 N–H and O–H groups in total. The van der Waals surface area contributed by atoms with Crippen molar-refractivity contribution in [3.63, 3.8) is 0 Å². The van der Waals surface area contributed by atoms with E-state index in [9.17, 15) is 0 Å². The van der Waals surface area contributed by atoms with Crippen LogP contribution in [0.1, 0.15) is 199 Å². The van der Waals surface area contributed by atoms with E-state index in [2.05, 4.69) is 442 Å². The van der Waals surface area contributed by atoms with Crippen molar-refractivity contribution in [3.8, 4) is 67.5 Å². The summed E-state index contributed by atoms with van der Waals surface area (Å²) in [7, 11) is 12.7. The molecular weight excluding hydrogens is 1300 g/mol. The molecule has 0 fully saturated rings. The SMILES string of the molecule is CCc1ccc(-c2ccc(C)c[n+]2C)c(C)c1.CCc1ccc(-c2ccc(C)cc2C)[n+](C)c1.Cc1cc(C(C)C)ccc1-c1ccc(C(C)C)c[n+]1C.Cc1ccc(-c2cc(C)c(C)c[n+]2C)c(C)c1.Cc1ccc(-c2ccc(C(C)C)c[n+]2C)c(C)c1.Cc1ccc(-c2ccc(C(C)C)cc2C)[n+](C)c1. The lowest BCUT2D eigenvalue weighted by atomic mass is 9.95. The van der Waals surface area contributed by atoms with Gasteiger partial charge in [0.25, 0.3) is 0 Å². The van der Waals surface area contributed by atoms with Crippen molar-refractivity contribution < 1.29 is 27.4 Å². The third-order valence-corrected chi connectivity index (χ3v) is 20.9. The normalized spacial score (nSPS) is 10.9. The van der Waals surface area contributed by atoms with Gasteiger partial charge in [-0.1, -0.05) is 159 Å². The van der Waals surface area contributed by atoms with E-state index in [-0.39, 0.29) is 0 Å². The maximum absolute atomic E-state index is 2.32.